The topological polar surface area (TPSA) is 94.4 Å². The lowest BCUT2D eigenvalue weighted by Crippen LogP contribution is -2.14. The third kappa shape index (κ3) is 4.68. The molecule has 3 rings (SSSR count). The summed E-state index contributed by atoms with van der Waals surface area (Å²) in [6.45, 7) is 2.48. The fourth-order valence-electron chi connectivity index (χ4n) is 2.50. The average molecular weight is 383 g/mol. The number of nitrogens with one attached hydrogen (secondary N) is 1. The van der Waals surface area contributed by atoms with Crippen LogP contribution in [0.1, 0.15) is 12.6 Å². The first-order valence-corrected chi connectivity index (χ1v) is 9.15. The summed E-state index contributed by atoms with van der Waals surface area (Å²) in [4.78, 5) is 27.1. The third-order valence-electron chi connectivity index (χ3n) is 3.65. The van der Waals surface area contributed by atoms with E-state index >= 15 is 0 Å². The Morgan fingerprint density at radius 2 is 2.07 bits per heavy atom. The molecule has 1 amide bonds. The maximum Gasteiger partial charge on any atom is 0.271 e. The minimum Gasteiger partial charge on any atom is -0.493 e. The van der Waals surface area contributed by atoms with Crippen molar-refractivity contribution in [3.8, 4) is 16.3 Å². The molecule has 0 saturated heterocycles. The van der Waals surface area contributed by atoms with E-state index < -0.39 is 4.92 Å². The number of benzene rings is 2. The first-order valence-electron chi connectivity index (χ1n) is 8.27. The highest BCUT2D eigenvalue weighted by Gasteiger charge is 2.13. The Morgan fingerprint density at radius 1 is 1.26 bits per heavy atom. The first-order chi connectivity index (χ1) is 13.1. The monoisotopic (exact) mass is 383 g/mol. The van der Waals surface area contributed by atoms with Crippen LogP contribution < -0.4 is 10.1 Å². The summed E-state index contributed by atoms with van der Waals surface area (Å²) in [5.41, 5.74) is 1.82. The van der Waals surface area contributed by atoms with Gasteiger partial charge in [0, 0.05) is 23.2 Å². The number of carbonyl (C=O) groups excluding carboxylic acids is 1. The Hall–Kier alpha value is -3.26. The Bertz CT molecular complexity index is 971. The van der Waals surface area contributed by atoms with Crippen molar-refractivity contribution >= 4 is 28.6 Å². The van der Waals surface area contributed by atoms with Crippen molar-refractivity contribution < 1.29 is 14.5 Å². The SMILES string of the molecule is CCOc1ccccc1-c1nc(CC(=O)Nc2cccc([N+](=O)[O-])c2)cs1. The number of non-ortho nitro benzene ring substituents is 1. The number of amides is 1. The summed E-state index contributed by atoms with van der Waals surface area (Å²) in [6, 6.07) is 13.4. The highest BCUT2D eigenvalue weighted by Crippen LogP contribution is 2.32. The number of anilines is 1. The van der Waals surface area contributed by atoms with Crippen molar-refractivity contribution in [3.63, 3.8) is 0 Å². The van der Waals surface area contributed by atoms with Gasteiger partial charge in [0.2, 0.25) is 5.91 Å². The molecule has 0 unspecified atom stereocenters. The van der Waals surface area contributed by atoms with Gasteiger partial charge >= 0.3 is 0 Å². The smallest absolute Gasteiger partial charge is 0.271 e. The second-order valence-corrected chi connectivity index (χ2v) is 6.46. The summed E-state index contributed by atoms with van der Waals surface area (Å²) in [5, 5.41) is 16.1. The zero-order valence-corrected chi connectivity index (χ0v) is 15.4. The standard InChI is InChI=1S/C19H17N3O4S/c1-2-26-17-9-4-3-8-16(17)19-21-14(12-27-19)11-18(23)20-13-6-5-7-15(10-13)22(24)25/h3-10,12H,2,11H2,1H3,(H,20,23). The number of rotatable bonds is 7. The van der Waals surface area contributed by atoms with E-state index in [1.54, 1.807) is 6.07 Å². The lowest BCUT2D eigenvalue weighted by atomic mass is 10.2. The predicted molar refractivity (Wildman–Crippen MR) is 104 cm³/mol. The number of nitro groups is 1. The molecular formula is C19H17N3O4S. The molecule has 0 atom stereocenters. The number of thiazole rings is 1. The molecule has 0 aliphatic heterocycles. The van der Waals surface area contributed by atoms with E-state index in [4.69, 9.17) is 4.74 Å². The number of hydrogen-bond donors (Lipinski definition) is 1. The molecule has 0 spiro atoms. The Labute approximate surface area is 159 Å². The van der Waals surface area contributed by atoms with E-state index in [0.717, 1.165) is 16.3 Å². The third-order valence-corrected chi connectivity index (χ3v) is 4.58. The fraction of sp³-hybridized carbons (Fsp3) is 0.158. The highest BCUT2D eigenvalue weighted by atomic mass is 32.1. The van der Waals surface area contributed by atoms with Gasteiger partial charge in [-0.2, -0.15) is 0 Å². The summed E-state index contributed by atoms with van der Waals surface area (Å²) in [7, 11) is 0. The van der Waals surface area contributed by atoms with Crippen molar-refractivity contribution in [1.29, 1.82) is 0 Å². The number of para-hydroxylation sites is 1. The summed E-state index contributed by atoms with van der Waals surface area (Å²) in [5.74, 6) is 0.465. The van der Waals surface area contributed by atoms with Crippen LogP contribution in [0.2, 0.25) is 0 Å². The van der Waals surface area contributed by atoms with E-state index in [1.807, 2.05) is 36.6 Å². The molecule has 0 saturated carbocycles. The van der Waals surface area contributed by atoms with Gasteiger partial charge in [-0.3, -0.25) is 14.9 Å². The van der Waals surface area contributed by atoms with Gasteiger partial charge in [-0.25, -0.2) is 4.98 Å². The van der Waals surface area contributed by atoms with Gasteiger partial charge in [0.15, 0.2) is 0 Å². The van der Waals surface area contributed by atoms with Crippen molar-refractivity contribution in [2.75, 3.05) is 11.9 Å². The van der Waals surface area contributed by atoms with Crippen LogP contribution in [0.25, 0.3) is 10.6 Å². The number of carbonyl (C=O) groups is 1. The van der Waals surface area contributed by atoms with Crippen LogP contribution in [0.5, 0.6) is 5.75 Å². The van der Waals surface area contributed by atoms with Crippen LogP contribution >= 0.6 is 11.3 Å². The van der Waals surface area contributed by atoms with Crippen LogP contribution in [0.4, 0.5) is 11.4 Å². The van der Waals surface area contributed by atoms with Crippen LogP contribution in [0, 0.1) is 10.1 Å². The normalized spacial score (nSPS) is 10.4. The van der Waals surface area contributed by atoms with Gasteiger partial charge in [-0.05, 0) is 25.1 Å². The highest BCUT2D eigenvalue weighted by molar-refractivity contribution is 7.13. The van der Waals surface area contributed by atoms with E-state index in [9.17, 15) is 14.9 Å². The number of aromatic nitrogens is 1. The van der Waals surface area contributed by atoms with Crippen molar-refractivity contribution in [2.24, 2.45) is 0 Å². The van der Waals surface area contributed by atoms with E-state index in [1.165, 1.54) is 29.5 Å². The van der Waals surface area contributed by atoms with Gasteiger partial charge in [0.1, 0.15) is 10.8 Å². The molecule has 0 aliphatic carbocycles. The number of ether oxygens (including phenoxy) is 1. The Balaban J connectivity index is 1.70. The fourth-order valence-corrected chi connectivity index (χ4v) is 3.35. The predicted octanol–water partition coefficient (Wildman–Crippen LogP) is 4.30. The second-order valence-electron chi connectivity index (χ2n) is 5.61. The molecule has 2 aromatic carbocycles. The number of nitro benzene ring substituents is 1. The molecule has 7 nitrogen and oxygen atoms in total. The molecule has 0 radical (unpaired) electrons. The van der Waals surface area contributed by atoms with Crippen molar-refractivity contribution in [3.05, 3.63) is 69.7 Å². The average Bonchev–Trinajstić information content (AvgIpc) is 3.10. The Morgan fingerprint density at radius 3 is 2.85 bits per heavy atom. The molecular weight excluding hydrogens is 366 g/mol. The molecule has 1 aromatic heterocycles. The second kappa shape index (κ2) is 8.41. The van der Waals surface area contributed by atoms with Crippen LogP contribution in [-0.2, 0) is 11.2 Å². The van der Waals surface area contributed by atoms with Gasteiger partial charge in [-0.15, -0.1) is 11.3 Å². The summed E-state index contributed by atoms with van der Waals surface area (Å²) in [6.07, 6.45) is 0.0794. The first kappa shape index (κ1) is 18.5. The van der Waals surface area contributed by atoms with E-state index in [-0.39, 0.29) is 18.0 Å². The van der Waals surface area contributed by atoms with Gasteiger partial charge < -0.3 is 10.1 Å². The summed E-state index contributed by atoms with van der Waals surface area (Å²) < 4.78 is 5.62. The molecule has 27 heavy (non-hydrogen) atoms. The van der Waals surface area contributed by atoms with Crippen molar-refractivity contribution in [2.45, 2.75) is 13.3 Å². The molecule has 1 N–H and O–H groups in total. The zero-order chi connectivity index (χ0) is 19.2. The molecule has 1 heterocycles. The number of nitrogens with zero attached hydrogens (tertiary/aromatic N) is 2. The minimum absolute atomic E-state index is 0.0729. The lowest BCUT2D eigenvalue weighted by molar-refractivity contribution is -0.384. The lowest BCUT2D eigenvalue weighted by Gasteiger charge is -2.07. The minimum atomic E-state index is -0.502. The molecule has 3 aromatic rings. The Kier molecular flexibility index (Phi) is 5.77. The maximum absolute atomic E-state index is 12.2. The van der Waals surface area contributed by atoms with Crippen molar-refractivity contribution in [1.82, 2.24) is 4.98 Å². The van der Waals surface area contributed by atoms with Gasteiger partial charge in [0.25, 0.3) is 5.69 Å². The summed E-state index contributed by atoms with van der Waals surface area (Å²) >= 11 is 1.44. The molecule has 138 valence electrons. The maximum atomic E-state index is 12.2. The molecule has 0 fully saturated rings. The number of hydrogen-bond acceptors (Lipinski definition) is 6. The molecule has 0 aliphatic rings. The van der Waals surface area contributed by atoms with Gasteiger partial charge in [0.05, 0.1) is 29.2 Å². The van der Waals surface area contributed by atoms with Crippen LogP contribution in [0.15, 0.2) is 53.9 Å². The molecule has 8 heteroatoms. The largest absolute Gasteiger partial charge is 0.493 e. The molecule has 0 bridgehead atoms. The van der Waals surface area contributed by atoms with Crippen LogP contribution in [0.3, 0.4) is 0 Å². The zero-order valence-electron chi connectivity index (χ0n) is 14.5. The quantitative estimate of drug-likeness (QED) is 0.485. The van der Waals surface area contributed by atoms with Crippen LogP contribution in [-0.4, -0.2) is 22.4 Å². The van der Waals surface area contributed by atoms with Gasteiger partial charge in [-0.1, -0.05) is 18.2 Å². The van der Waals surface area contributed by atoms with E-state index in [0.29, 0.717) is 18.0 Å². The van der Waals surface area contributed by atoms with E-state index in [2.05, 4.69) is 10.3 Å².